The van der Waals surface area contributed by atoms with Gasteiger partial charge in [-0.1, -0.05) is 23.7 Å². The Bertz CT molecular complexity index is 901. The molecule has 0 fully saturated rings. The summed E-state index contributed by atoms with van der Waals surface area (Å²) in [7, 11) is 0. The SMILES string of the molecule is CCn1cc(CNC(=O)c2ccc(COc3ccccc3Cl)o2)c(C)n1. The van der Waals surface area contributed by atoms with Crippen molar-refractivity contribution in [3.8, 4) is 5.75 Å². The quantitative estimate of drug-likeness (QED) is 0.680. The minimum atomic E-state index is -0.280. The van der Waals surface area contributed by atoms with Gasteiger partial charge in [-0.2, -0.15) is 5.10 Å². The molecule has 1 aromatic carbocycles. The fourth-order valence-corrected chi connectivity index (χ4v) is 2.64. The Balaban J connectivity index is 1.56. The molecule has 3 aromatic rings. The summed E-state index contributed by atoms with van der Waals surface area (Å²) >= 11 is 6.04. The maximum atomic E-state index is 12.3. The zero-order valence-electron chi connectivity index (χ0n) is 14.7. The van der Waals surface area contributed by atoms with Gasteiger partial charge in [-0.05, 0) is 38.1 Å². The average Bonchev–Trinajstić information content (AvgIpc) is 3.25. The first kappa shape index (κ1) is 18.1. The third kappa shape index (κ3) is 4.26. The van der Waals surface area contributed by atoms with Crippen molar-refractivity contribution in [2.45, 2.75) is 33.5 Å². The first-order valence-electron chi connectivity index (χ1n) is 8.34. The summed E-state index contributed by atoms with van der Waals surface area (Å²) in [5.41, 5.74) is 1.88. The number of aryl methyl sites for hydroxylation is 2. The van der Waals surface area contributed by atoms with Crippen LogP contribution in [-0.2, 0) is 19.7 Å². The number of carbonyl (C=O) groups is 1. The zero-order chi connectivity index (χ0) is 18.5. The number of benzene rings is 1. The summed E-state index contributed by atoms with van der Waals surface area (Å²) in [5.74, 6) is 1.07. The number of hydrogen-bond acceptors (Lipinski definition) is 4. The number of aromatic nitrogens is 2. The highest BCUT2D eigenvalue weighted by Gasteiger charge is 2.13. The van der Waals surface area contributed by atoms with Gasteiger partial charge in [-0.3, -0.25) is 9.48 Å². The zero-order valence-corrected chi connectivity index (χ0v) is 15.4. The van der Waals surface area contributed by atoms with Crippen LogP contribution in [0, 0.1) is 6.92 Å². The highest BCUT2D eigenvalue weighted by atomic mass is 35.5. The Morgan fingerprint density at radius 3 is 2.85 bits per heavy atom. The maximum absolute atomic E-state index is 12.3. The second-order valence-electron chi connectivity index (χ2n) is 5.76. The average molecular weight is 374 g/mol. The van der Waals surface area contributed by atoms with E-state index in [1.165, 1.54) is 0 Å². The number of amides is 1. The van der Waals surface area contributed by atoms with Crippen molar-refractivity contribution < 1.29 is 13.9 Å². The van der Waals surface area contributed by atoms with Crippen LogP contribution in [0.3, 0.4) is 0 Å². The molecule has 1 amide bonds. The number of halogens is 1. The summed E-state index contributed by atoms with van der Waals surface area (Å²) < 4.78 is 13.0. The van der Waals surface area contributed by atoms with Crippen molar-refractivity contribution in [2.75, 3.05) is 0 Å². The fourth-order valence-electron chi connectivity index (χ4n) is 2.45. The molecule has 7 heteroatoms. The summed E-state index contributed by atoms with van der Waals surface area (Å²) in [6, 6.07) is 10.5. The van der Waals surface area contributed by atoms with Gasteiger partial charge in [-0.25, -0.2) is 0 Å². The van der Waals surface area contributed by atoms with Crippen LogP contribution in [0.4, 0.5) is 0 Å². The molecule has 0 atom stereocenters. The standard InChI is InChI=1S/C19H20ClN3O3/c1-3-23-11-14(13(2)22-23)10-21-19(24)18-9-8-15(26-18)12-25-17-7-5-4-6-16(17)20/h4-9,11H,3,10,12H2,1-2H3,(H,21,24). The number of hydrogen-bond donors (Lipinski definition) is 1. The lowest BCUT2D eigenvalue weighted by Crippen LogP contribution is -2.22. The summed E-state index contributed by atoms with van der Waals surface area (Å²) in [6.45, 7) is 5.33. The molecule has 2 heterocycles. The fraction of sp³-hybridized carbons (Fsp3) is 0.263. The molecule has 0 aliphatic heterocycles. The third-order valence-electron chi connectivity index (χ3n) is 3.90. The Morgan fingerprint density at radius 1 is 1.31 bits per heavy atom. The molecule has 0 spiro atoms. The number of ether oxygens (including phenoxy) is 1. The second-order valence-corrected chi connectivity index (χ2v) is 6.17. The Kier molecular flexibility index (Phi) is 5.63. The lowest BCUT2D eigenvalue weighted by molar-refractivity contribution is 0.0919. The van der Waals surface area contributed by atoms with Gasteiger partial charge in [0.2, 0.25) is 0 Å². The first-order chi connectivity index (χ1) is 12.6. The molecule has 2 aromatic heterocycles. The molecule has 0 unspecified atom stereocenters. The van der Waals surface area contributed by atoms with E-state index in [2.05, 4.69) is 10.4 Å². The van der Waals surface area contributed by atoms with E-state index in [4.69, 9.17) is 20.8 Å². The van der Waals surface area contributed by atoms with Gasteiger partial charge in [0.25, 0.3) is 5.91 Å². The van der Waals surface area contributed by atoms with E-state index in [0.29, 0.717) is 23.1 Å². The van der Waals surface area contributed by atoms with E-state index in [1.807, 2.05) is 36.9 Å². The smallest absolute Gasteiger partial charge is 0.287 e. The topological polar surface area (TPSA) is 69.3 Å². The van der Waals surface area contributed by atoms with Crippen LogP contribution in [0.1, 0.15) is 34.5 Å². The summed E-state index contributed by atoms with van der Waals surface area (Å²) in [6.07, 6.45) is 1.93. The molecule has 0 saturated heterocycles. The van der Waals surface area contributed by atoms with Crippen LogP contribution in [0.15, 0.2) is 47.0 Å². The van der Waals surface area contributed by atoms with Crippen LogP contribution >= 0.6 is 11.6 Å². The normalized spacial score (nSPS) is 10.7. The van der Waals surface area contributed by atoms with Gasteiger partial charge in [-0.15, -0.1) is 0 Å². The van der Waals surface area contributed by atoms with Crippen LogP contribution in [0.25, 0.3) is 0 Å². The van der Waals surface area contributed by atoms with E-state index >= 15 is 0 Å². The number of nitrogens with zero attached hydrogens (tertiary/aromatic N) is 2. The van der Waals surface area contributed by atoms with Crippen LogP contribution < -0.4 is 10.1 Å². The number of rotatable bonds is 7. The van der Waals surface area contributed by atoms with E-state index in [0.717, 1.165) is 17.8 Å². The second kappa shape index (κ2) is 8.10. The Labute approximate surface area is 156 Å². The van der Waals surface area contributed by atoms with Crippen LogP contribution in [-0.4, -0.2) is 15.7 Å². The molecular weight excluding hydrogens is 354 g/mol. The number of para-hydroxylation sites is 1. The van der Waals surface area contributed by atoms with Crippen molar-refractivity contribution in [1.29, 1.82) is 0 Å². The van der Waals surface area contributed by atoms with Crippen LogP contribution in [0.5, 0.6) is 5.75 Å². The van der Waals surface area contributed by atoms with Gasteiger partial charge in [0.15, 0.2) is 5.76 Å². The lowest BCUT2D eigenvalue weighted by atomic mass is 10.2. The molecule has 6 nitrogen and oxygen atoms in total. The largest absolute Gasteiger partial charge is 0.484 e. The predicted molar refractivity (Wildman–Crippen MR) is 98.3 cm³/mol. The van der Waals surface area contributed by atoms with E-state index in [1.54, 1.807) is 24.3 Å². The minimum Gasteiger partial charge on any atom is -0.484 e. The van der Waals surface area contributed by atoms with Crippen molar-refractivity contribution in [1.82, 2.24) is 15.1 Å². The molecule has 0 saturated carbocycles. The van der Waals surface area contributed by atoms with Gasteiger partial charge in [0, 0.05) is 24.8 Å². The molecule has 3 rings (SSSR count). The van der Waals surface area contributed by atoms with Gasteiger partial charge in [0.05, 0.1) is 10.7 Å². The Morgan fingerprint density at radius 2 is 2.12 bits per heavy atom. The molecular formula is C19H20ClN3O3. The van der Waals surface area contributed by atoms with Crippen molar-refractivity contribution in [3.63, 3.8) is 0 Å². The van der Waals surface area contributed by atoms with Gasteiger partial charge >= 0.3 is 0 Å². The number of carbonyl (C=O) groups excluding carboxylic acids is 1. The third-order valence-corrected chi connectivity index (χ3v) is 4.22. The van der Waals surface area contributed by atoms with Gasteiger partial charge in [0.1, 0.15) is 18.1 Å². The molecule has 0 bridgehead atoms. The molecule has 0 aliphatic rings. The highest BCUT2D eigenvalue weighted by Crippen LogP contribution is 2.24. The number of nitrogens with one attached hydrogen (secondary N) is 1. The Hall–Kier alpha value is -2.73. The van der Waals surface area contributed by atoms with E-state index in [-0.39, 0.29) is 18.3 Å². The van der Waals surface area contributed by atoms with Crippen molar-refractivity contribution in [2.24, 2.45) is 0 Å². The molecule has 1 N–H and O–H groups in total. The van der Waals surface area contributed by atoms with Crippen molar-refractivity contribution >= 4 is 17.5 Å². The minimum absolute atomic E-state index is 0.194. The maximum Gasteiger partial charge on any atom is 0.287 e. The monoisotopic (exact) mass is 373 g/mol. The molecule has 0 radical (unpaired) electrons. The summed E-state index contributed by atoms with van der Waals surface area (Å²) in [4.78, 5) is 12.3. The predicted octanol–water partition coefficient (Wildman–Crippen LogP) is 3.97. The number of furan rings is 1. The van der Waals surface area contributed by atoms with Gasteiger partial charge < -0.3 is 14.5 Å². The molecule has 136 valence electrons. The van der Waals surface area contributed by atoms with E-state index in [9.17, 15) is 4.79 Å². The van der Waals surface area contributed by atoms with Crippen LogP contribution in [0.2, 0.25) is 5.02 Å². The molecule has 0 aliphatic carbocycles. The highest BCUT2D eigenvalue weighted by molar-refractivity contribution is 6.32. The van der Waals surface area contributed by atoms with E-state index < -0.39 is 0 Å². The lowest BCUT2D eigenvalue weighted by Gasteiger charge is -2.05. The summed E-state index contributed by atoms with van der Waals surface area (Å²) in [5, 5.41) is 7.73. The first-order valence-corrected chi connectivity index (χ1v) is 8.71. The van der Waals surface area contributed by atoms with Crippen molar-refractivity contribution in [3.05, 3.63) is 70.4 Å². The molecule has 26 heavy (non-hydrogen) atoms.